The zero-order chi connectivity index (χ0) is 17.1. The normalized spacial score (nSPS) is 14.1. The summed E-state index contributed by atoms with van der Waals surface area (Å²) in [5.41, 5.74) is 10.4. The van der Waals surface area contributed by atoms with Gasteiger partial charge in [-0.15, -0.1) is 0 Å². The molecule has 0 radical (unpaired) electrons. The second kappa shape index (κ2) is 6.66. The maximum absolute atomic E-state index is 11.1. The number of rotatable bonds is 6. The highest BCUT2D eigenvalue weighted by atomic mass is 16.1. The largest absolute Gasteiger partial charge is 0.367 e. The SMILES string of the molecule is N=CC(C=N)c1ccc2c(c1)CCN2Cc1ccc(C(N)=O)cc1. The summed E-state index contributed by atoms with van der Waals surface area (Å²) in [4.78, 5) is 13.4. The fourth-order valence-electron chi connectivity index (χ4n) is 3.10. The topological polar surface area (TPSA) is 94.0 Å². The zero-order valence-electron chi connectivity index (χ0n) is 13.3. The molecule has 2 aromatic rings. The van der Waals surface area contributed by atoms with Gasteiger partial charge in [0.05, 0.1) is 5.92 Å². The number of benzene rings is 2. The quantitative estimate of drug-likeness (QED) is 0.714. The van der Waals surface area contributed by atoms with Gasteiger partial charge in [-0.05, 0) is 41.3 Å². The minimum absolute atomic E-state index is 0.245. The Kier molecular flexibility index (Phi) is 4.42. The molecule has 0 saturated carbocycles. The molecule has 0 spiro atoms. The Balaban J connectivity index is 1.78. The van der Waals surface area contributed by atoms with Gasteiger partial charge >= 0.3 is 0 Å². The van der Waals surface area contributed by atoms with E-state index in [1.54, 1.807) is 12.1 Å². The molecule has 2 aromatic carbocycles. The van der Waals surface area contributed by atoms with Gasteiger partial charge in [0.2, 0.25) is 5.91 Å². The number of primary amides is 1. The lowest BCUT2D eigenvalue weighted by molar-refractivity contribution is 0.100. The number of amides is 1. The lowest BCUT2D eigenvalue weighted by Crippen LogP contribution is -2.19. The average Bonchev–Trinajstić information content (AvgIpc) is 2.99. The Bertz CT molecular complexity index is 774. The Morgan fingerprint density at radius 3 is 2.50 bits per heavy atom. The summed E-state index contributed by atoms with van der Waals surface area (Å²) in [5.74, 6) is -0.654. The summed E-state index contributed by atoms with van der Waals surface area (Å²) in [7, 11) is 0. The average molecular weight is 320 g/mol. The van der Waals surface area contributed by atoms with E-state index >= 15 is 0 Å². The maximum Gasteiger partial charge on any atom is 0.248 e. The van der Waals surface area contributed by atoms with Gasteiger partial charge in [0.1, 0.15) is 0 Å². The van der Waals surface area contributed by atoms with Crippen LogP contribution in [0.5, 0.6) is 0 Å². The van der Waals surface area contributed by atoms with Crippen molar-refractivity contribution in [1.29, 1.82) is 10.8 Å². The van der Waals surface area contributed by atoms with Crippen LogP contribution in [0.25, 0.3) is 0 Å². The van der Waals surface area contributed by atoms with Gasteiger partial charge in [-0.2, -0.15) is 0 Å². The fourth-order valence-corrected chi connectivity index (χ4v) is 3.10. The molecule has 24 heavy (non-hydrogen) atoms. The van der Waals surface area contributed by atoms with Gasteiger partial charge < -0.3 is 21.5 Å². The van der Waals surface area contributed by atoms with Crippen LogP contribution in [0.1, 0.15) is 33.0 Å². The van der Waals surface area contributed by atoms with E-state index in [-0.39, 0.29) is 5.92 Å². The zero-order valence-corrected chi connectivity index (χ0v) is 13.3. The lowest BCUT2D eigenvalue weighted by atomic mass is 9.98. The summed E-state index contributed by atoms with van der Waals surface area (Å²) in [6.45, 7) is 1.72. The Morgan fingerprint density at radius 1 is 1.17 bits per heavy atom. The van der Waals surface area contributed by atoms with E-state index < -0.39 is 5.91 Å². The standard InChI is InChI=1S/C19H20N4O/c20-10-17(11-21)15-5-6-18-16(9-15)7-8-23(18)12-13-1-3-14(4-2-13)19(22)24/h1-6,9-11,17,20-21H,7-8,12H2,(H2,22,24). The van der Waals surface area contributed by atoms with E-state index in [4.69, 9.17) is 16.6 Å². The summed E-state index contributed by atoms with van der Waals surface area (Å²) < 4.78 is 0. The van der Waals surface area contributed by atoms with E-state index in [1.165, 1.54) is 23.7 Å². The molecule has 0 fully saturated rings. The number of hydrogen-bond donors (Lipinski definition) is 3. The summed E-state index contributed by atoms with van der Waals surface area (Å²) in [6.07, 6.45) is 3.55. The maximum atomic E-state index is 11.1. The lowest BCUT2D eigenvalue weighted by Gasteiger charge is -2.20. The minimum atomic E-state index is -0.410. The number of carbonyl (C=O) groups excluding carboxylic acids is 1. The minimum Gasteiger partial charge on any atom is -0.367 e. The smallest absolute Gasteiger partial charge is 0.248 e. The van der Waals surface area contributed by atoms with Crippen LogP contribution >= 0.6 is 0 Å². The molecule has 0 aliphatic carbocycles. The van der Waals surface area contributed by atoms with Crippen LogP contribution in [-0.2, 0) is 13.0 Å². The van der Waals surface area contributed by atoms with Gasteiger partial charge in [-0.1, -0.05) is 24.3 Å². The second-order valence-corrected chi connectivity index (χ2v) is 5.98. The van der Waals surface area contributed by atoms with Crippen LogP contribution < -0.4 is 10.6 Å². The molecular weight excluding hydrogens is 300 g/mol. The number of nitrogens with zero attached hydrogens (tertiary/aromatic N) is 1. The van der Waals surface area contributed by atoms with Crippen molar-refractivity contribution in [2.75, 3.05) is 11.4 Å². The third kappa shape index (κ3) is 3.06. The molecule has 4 N–H and O–H groups in total. The molecule has 0 unspecified atom stereocenters. The van der Waals surface area contributed by atoms with Crippen molar-refractivity contribution in [2.45, 2.75) is 18.9 Å². The van der Waals surface area contributed by atoms with Crippen LogP contribution in [0.3, 0.4) is 0 Å². The Labute approximate surface area is 141 Å². The summed E-state index contributed by atoms with van der Waals surface area (Å²) in [6, 6.07) is 13.6. The monoisotopic (exact) mass is 320 g/mol. The summed E-state index contributed by atoms with van der Waals surface area (Å²) >= 11 is 0. The first kappa shape index (κ1) is 15.9. The first-order valence-electron chi connectivity index (χ1n) is 7.90. The molecule has 1 heterocycles. The third-order valence-electron chi connectivity index (χ3n) is 4.45. The molecule has 0 atom stereocenters. The van der Waals surface area contributed by atoms with Crippen molar-refractivity contribution < 1.29 is 4.79 Å². The van der Waals surface area contributed by atoms with Crippen LogP contribution in [0.2, 0.25) is 0 Å². The van der Waals surface area contributed by atoms with E-state index in [1.807, 2.05) is 18.2 Å². The van der Waals surface area contributed by atoms with Crippen molar-refractivity contribution in [3.63, 3.8) is 0 Å². The van der Waals surface area contributed by atoms with Crippen molar-refractivity contribution in [2.24, 2.45) is 5.73 Å². The molecule has 1 amide bonds. The number of nitrogens with one attached hydrogen (secondary N) is 2. The predicted molar refractivity (Wildman–Crippen MR) is 96.5 cm³/mol. The summed E-state index contributed by atoms with van der Waals surface area (Å²) in [5, 5.41) is 14.8. The predicted octanol–water partition coefficient (Wildman–Crippen LogP) is 2.73. The molecule has 0 aromatic heterocycles. The van der Waals surface area contributed by atoms with Crippen LogP contribution in [0.15, 0.2) is 42.5 Å². The molecule has 3 rings (SSSR count). The van der Waals surface area contributed by atoms with Gasteiger partial charge in [0, 0.05) is 36.8 Å². The van der Waals surface area contributed by atoms with Crippen molar-refractivity contribution in [3.8, 4) is 0 Å². The molecular formula is C19H20N4O. The number of anilines is 1. The highest BCUT2D eigenvalue weighted by Crippen LogP contribution is 2.31. The molecule has 0 saturated heterocycles. The van der Waals surface area contributed by atoms with Gasteiger partial charge in [-0.3, -0.25) is 4.79 Å². The Hall–Kier alpha value is -2.95. The van der Waals surface area contributed by atoms with Gasteiger partial charge in [0.15, 0.2) is 0 Å². The highest BCUT2D eigenvalue weighted by Gasteiger charge is 2.20. The first-order valence-corrected chi connectivity index (χ1v) is 7.90. The highest BCUT2D eigenvalue weighted by molar-refractivity contribution is 5.92. The van der Waals surface area contributed by atoms with E-state index in [0.29, 0.717) is 5.56 Å². The molecule has 1 aliphatic heterocycles. The number of carbonyl (C=O) groups is 1. The molecule has 1 aliphatic rings. The van der Waals surface area contributed by atoms with Crippen LogP contribution in [-0.4, -0.2) is 24.9 Å². The van der Waals surface area contributed by atoms with E-state index in [2.05, 4.69) is 17.0 Å². The first-order chi connectivity index (χ1) is 11.6. The van der Waals surface area contributed by atoms with Crippen molar-refractivity contribution in [1.82, 2.24) is 0 Å². The van der Waals surface area contributed by atoms with Gasteiger partial charge in [-0.25, -0.2) is 0 Å². The van der Waals surface area contributed by atoms with Gasteiger partial charge in [0.25, 0.3) is 0 Å². The van der Waals surface area contributed by atoms with E-state index in [0.717, 1.165) is 30.6 Å². The van der Waals surface area contributed by atoms with Crippen molar-refractivity contribution >= 4 is 24.0 Å². The second-order valence-electron chi connectivity index (χ2n) is 5.98. The Morgan fingerprint density at radius 2 is 1.88 bits per heavy atom. The van der Waals surface area contributed by atoms with Crippen LogP contribution in [0.4, 0.5) is 5.69 Å². The fraction of sp³-hybridized carbons (Fsp3) is 0.211. The molecule has 5 heteroatoms. The number of fused-ring (bicyclic) bond motifs is 1. The molecule has 5 nitrogen and oxygen atoms in total. The third-order valence-corrected chi connectivity index (χ3v) is 4.45. The number of hydrogen-bond acceptors (Lipinski definition) is 4. The molecule has 122 valence electrons. The van der Waals surface area contributed by atoms with Crippen molar-refractivity contribution in [3.05, 3.63) is 64.7 Å². The number of nitrogens with two attached hydrogens (primary N) is 1. The van der Waals surface area contributed by atoms with Crippen LogP contribution in [0, 0.1) is 10.8 Å². The van der Waals surface area contributed by atoms with E-state index in [9.17, 15) is 4.79 Å². The molecule has 0 bridgehead atoms.